The summed E-state index contributed by atoms with van der Waals surface area (Å²) in [5.41, 5.74) is 0.937. The third-order valence-electron chi connectivity index (χ3n) is 3.33. The summed E-state index contributed by atoms with van der Waals surface area (Å²) in [6, 6.07) is 12.9. The Morgan fingerprint density at radius 3 is 2.12 bits per heavy atom. The number of ether oxygens (including phenoxy) is 1. The second-order valence-electron chi connectivity index (χ2n) is 5.19. The smallest absolute Gasteiger partial charge is 0.328 e. The highest BCUT2D eigenvalue weighted by Gasteiger charge is 2.27. The van der Waals surface area contributed by atoms with E-state index in [2.05, 4.69) is 10.0 Å². The number of carbonyl (C=O) groups is 2. The number of amides is 1. The SMILES string of the molecule is COC(=O)[C@H](NS(=O)(=O)c1ccc(NC(C)=O)cc1)c1ccccc1. The molecule has 7 nitrogen and oxygen atoms in total. The van der Waals surface area contributed by atoms with Gasteiger partial charge in [0.15, 0.2) is 0 Å². The van der Waals surface area contributed by atoms with Crippen molar-refractivity contribution < 1.29 is 22.7 Å². The highest BCUT2D eigenvalue weighted by atomic mass is 32.2. The summed E-state index contributed by atoms with van der Waals surface area (Å²) < 4.78 is 32.2. The minimum absolute atomic E-state index is 0.0357. The Labute approximate surface area is 146 Å². The molecule has 25 heavy (non-hydrogen) atoms. The first kappa shape index (κ1) is 18.6. The van der Waals surface area contributed by atoms with Crippen LogP contribution in [0.2, 0.25) is 0 Å². The van der Waals surface area contributed by atoms with Crippen LogP contribution in [0.3, 0.4) is 0 Å². The Morgan fingerprint density at radius 1 is 1.00 bits per heavy atom. The van der Waals surface area contributed by atoms with E-state index in [4.69, 9.17) is 4.74 Å². The molecule has 0 aromatic heterocycles. The van der Waals surface area contributed by atoms with Crippen molar-refractivity contribution >= 4 is 27.6 Å². The highest BCUT2D eigenvalue weighted by molar-refractivity contribution is 7.89. The van der Waals surface area contributed by atoms with Crippen molar-refractivity contribution in [3.63, 3.8) is 0 Å². The summed E-state index contributed by atoms with van der Waals surface area (Å²) in [5.74, 6) is -0.979. The van der Waals surface area contributed by atoms with Crippen LogP contribution in [0.15, 0.2) is 59.5 Å². The minimum atomic E-state index is -3.97. The van der Waals surface area contributed by atoms with Gasteiger partial charge in [0, 0.05) is 12.6 Å². The topological polar surface area (TPSA) is 102 Å². The number of anilines is 1. The van der Waals surface area contributed by atoms with Crippen LogP contribution in [0, 0.1) is 0 Å². The van der Waals surface area contributed by atoms with Crippen LogP contribution in [0.25, 0.3) is 0 Å². The van der Waals surface area contributed by atoms with Crippen LogP contribution < -0.4 is 10.0 Å². The van der Waals surface area contributed by atoms with Crippen LogP contribution in [-0.4, -0.2) is 27.4 Å². The number of sulfonamides is 1. The number of methoxy groups -OCH3 is 1. The second-order valence-corrected chi connectivity index (χ2v) is 6.91. The summed E-state index contributed by atoms with van der Waals surface area (Å²) in [7, 11) is -2.78. The molecule has 1 atom stereocenters. The maximum atomic E-state index is 12.6. The van der Waals surface area contributed by atoms with Crippen molar-refractivity contribution in [1.82, 2.24) is 4.72 Å². The quantitative estimate of drug-likeness (QED) is 0.764. The zero-order chi connectivity index (χ0) is 18.4. The molecule has 1 amide bonds. The lowest BCUT2D eigenvalue weighted by atomic mass is 10.1. The summed E-state index contributed by atoms with van der Waals surface area (Å²) >= 11 is 0. The molecule has 0 aliphatic heterocycles. The third kappa shape index (κ3) is 4.88. The molecule has 0 aliphatic rings. The Kier molecular flexibility index (Phi) is 5.89. The van der Waals surface area contributed by atoms with Crippen molar-refractivity contribution in [3.05, 3.63) is 60.2 Å². The van der Waals surface area contributed by atoms with Crippen LogP contribution in [0.1, 0.15) is 18.5 Å². The van der Waals surface area contributed by atoms with Gasteiger partial charge in [-0.05, 0) is 29.8 Å². The van der Waals surface area contributed by atoms with Gasteiger partial charge in [0.05, 0.1) is 12.0 Å². The number of hydrogen-bond acceptors (Lipinski definition) is 5. The van der Waals surface area contributed by atoms with Crippen molar-refractivity contribution in [2.45, 2.75) is 17.9 Å². The number of esters is 1. The van der Waals surface area contributed by atoms with Crippen molar-refractivity contribution in [1.29, 1.82) is 0 Å². The molecule has 2 aromatic rings. The fraction of sp³-hybridized carbons (Fsp3) is 0.176. The van der Waals surface area contributed by atoms with Crippen LogP contribution >= 0.6 is 0 Å². The van der Waals surface area contributed by atoms with E-state index >= 15 is 0 Å². The van der Waals surface area contributed by atoms with E-state index in [-0.39, 0.29) is 10.8 Å². The van der Waals surface area contributed by atoms with Crippen molar-refractivity contribution in [2.75, 3.05) is 12.4 Å². The molecule has 0 heterocycles. The molecule has 2 N–H and O–H groups in total. The van der Waals surface area contributed by atoms with E-state index in [1.54, 1.807) is 30.3 Å². The van der Waals surface area contributed by atoms with Gasteiger partial charge in [0.25, 0.3) is 0 Å². The minimum Gasteiger partial charge on any atom is -0.468 e. The van der Waals surface area contributed by atoms with E-state index in [1.165, 1.54) is 38.3 Å². The molecule has 2 aromatic carbocycles. The summed E-state index contributed by atoms with van der Waals surface area (Å²) in [5, 5.41) is 2.55. The molecule has 0 radical (unpaired) electrons. The van der Waals surface area contributed by atoms with Crippen LogP contribution in [0.4, 0.5) is 5.69 Å². The number of rotatable bonds is 6. The molecule has 0 bridgehead atoms. The lowest BCUT2D eigenvalue weighted by Gasteiger charge is -2.17. The maximum absolute atomic E-state index is 12.6. The number of carbonyl (C=O) groups excluding carboxylic acids is 2. The van der Waals surface area contributed by atoms with Gasteiger partial charge >= 0.3 is 5.97 Å². The summed E-state index contributed by atoms with van der Waals surface area (Å²) in [6.07, 6.45) is 0. The molecular formula is C17H18N2O5S. The lowest BCUT2D eigenvalue weighted by molar-refractivity contribution is -0.142. The van der Waals surface area contributed by atoms with Gasteiger partial charge < -0.3 is 10.1 Å². The van der Waals surface area contributed by atoms with Gasteiger partial charge in [-0.3, -0.25) is 4.79 Å². The fourth-order valence-electron chi connectivity index (χ4n) is 2.16. The van der Waals surface area contributed by atoms with Gasteiger partial charge in [-0.2, -0.15) is 4.72 Å². The third-order valence-corrected chi connectivity index (χ3v) is 4.77. The average molecular weight is 362 g/mol. The van der Waals surface area contributed by atoms with E-state index in [0.717, 1.165) is 0 Å². The van der Waals surface area contributed by atoms with E-state index in [9.17, 15) is 18.0 Å². The van der Waals surface area contributed by atoms with Crippen molar-refractivity contribution in [2.24, 2.45) is 0 Å². The Morgan fingerprint density at radius 2 is 1.60 bits per heavy atom. The van der Waals surface area contributed by atoms with Gasteiger partial charge in [0.2, 0.25) is 15.9 Å². The molecule has 132 valence electrons. The zero-order valence-electron chi connectivity index (χ0n) is 13.7. The average Bonchev–Trinajstić information content (AvgIpc) is 2.60. The lowest BCUT2D eigenvalue weighted by Crippen LogP contribution is -2.34. The molecule has 0 saturated carbocycles. The van der Waals surface area contributed by atoms with E-state index < -0.39 is 22.0 Å². The van der Waals surface area contributed by atoms with Crippen LogP contribution in [0.5, 0.6) is 0 Å². The first-order valence-corrected chi connectivity index (χ1v) is 8.84. The van der Waals surface area contributed by atoms with E-state index in [1.807, 2.05) is 0 Å². The first-order chi connectivity index (χ1) is 11.8. The predicted molar refractivity (Wildman–Crippen MR) is 92.3 cm³/mol. The molecular weight excluding hydrogens is 344 g/mol. The van der Waals surface area contributed by atoms with Gasteiger partial charge in [-0.25, -0.2) is 13.2 Å². The summed E-state index contributed by atoms with van der Waals surface area (Å²) in [4.78, 5) is 23.0. The molecule has 0 fully saturated rings. The highest BCUT2D eigenvalue weighted by Crippen LogP contribution is 2.20. The van der Waals surface area contributed by atoms with Gasteiger partial charge in [0.1, 0.15) is 6.04 Å². The molecule has 0 aliphatic carbocycles. The number of benzene rings is 2. The van der Waals surface area contributed by atoms with Crippen LogP contribution in [-0.2, 0) is 24.3 Å². The summed E-state index contributed by atoms with van der Waals surface area (Å²) in [6.45, 7) is 1.35. The van der Waals surface area contributed by atoms with Gasteiger partial charge in [-0.1, -0.05) is 30.3 Å². The number of nitrogens with one attached hydrogen (secondary N) is 2. The Hall–Kier alpha value is -2.71. The Bertz CT molecular complexity index is 848. The molecule has 0 saturated heterocycles. The Balaban J connectivity index is 2.28. The second kappa shape index (κ2) is 7.91. The predicted octanol–water partition coefficient (Wildman–Crippen LogP) is 1.84. The van der Waals surface area contributed by atoms with Gasteiger partial charge in [-0.15, -0.1) is 0 Å². The molecule has 8 heteroatoms. The maximum Gasteiger partial charge on any atom is 0.328 e. The molecule has 0 spiro atoms. The largest absolute Gasteiger partial charge is 0.468 e. The normalized spacial score (nSPS) is 12.2. The molecule has 0 unspecified atom stereocenters. The standard InChI is InChI=1S/C17H18N2O5S/c1-12(20)18-14-8-10-15(11-9-14)25(22,23)19-16(17(21)24-2)13-6-4-3-5-7-13/h3-11,16,19H,1-2H3,(H,18,20)/t16-/m1/s1. The van der Waals surface area contributed by atoms with Crippen molar-refractivity contribution in [3.8, 4) is 0 Å². The van der Waals surface area contributed by atoms with E-state index in [0.29, 0.717) is 11.3 Å². The zero-order valence-corrected chi connectivity index (χ0v) is 14.5. The first-order valence-electron chi connectivity index (χ1n) is 7.36. The fourth-order valence-corrected chi connectivity index (χ4v) is 3.33. The molecule has 2 rings (SSSR count). The monoisotopic (exact) mass is 362 g/mol. The number of hydrogen-bond donors (Lipinski definition) is 2.